The topological polar surface area (TPSA) is 93.8 Å². The van der Waals surface area contributed by atoms with Crippen molar-refractivity contribution in [1.29, 1.82) is 0 Å². The molecule has 1 amide bonds. The largest absolute Gasteiger partial charge is 0.444 e. The predicted octanol–water partition coefficient (Wildman–Crippen LogP) is 2.49. The van der Waals surface area contributed by atoms with E-state index in [0.29, 0.717) is 23.3 Å². The number of amides is 1. The zero-order valence-electron chi connectivity index (χ0n) is 13.2. The molecule has 1 aromatic rings. The number of carbonyl (C=O) groups excluding carboxylic acids is 2. The van der Waals surface area contributed by atoms with E-state index in [4.69, 9.17) is 10.5 Å². The Bertz CT molecular complexity index is 596. The SMILES string of the molecule is CN=C(C(C=O)=CN)c1ccc(NC(=O)OC(C)(C)C)cc1. The average molecular weight is 303 g/mol. The molecule has 6 nitrogen and oxygen atoms in total. The van der Waals surface area contributed by atoms with Gasteiger partial charge >= 0.3 is 6.09 Å². The molecule has 0 saturated heterocycles. The summed E-state index contributed by atoms with van der Waals surface area (Å²) in [5.41, 5.74) is 6.94. The summed E-state index contributed by atoms with van der Waals surface area (Å²) in [6, 6.07) is 6.87. The number of benzene rings is 1. The molecule has 0 aliphatic carbocycles. The Kier molecular flexibility index (Phi) is 5.86. The second kappa shape index (κ2) is 7.40. The molecule has 6 heteroatoms. The fourth-order valence-electron chi connectivity index (χ4n) is 1.73. The number of hydrogen-bond donors (Lipinski definition) is 2. The molecule has 0 unspecified atom stereocenters. The number of aldehydes is 1. The third-order valence-electron chi connectivity index (χ3n) is 2.61. The lowest BCUT2D eigenvalue weighted by atomic mass is 10.0. The van der Waals surface area contributed by atoms with Crippen LogP contribution in [0.25, 0.3) is 0 Å². The van der Waals surface area contributed by atoms with Gasteiger partial charge in [-0.25, -0.2) is 4.79 Å². The molecule has 0 aromatic heterocycles. The Hall–Kier alpha value is -2.63. The molecule has 1 rings (SSSR count). The maximum Gasteiger partial charge on any atom is 0.412 e. The minimum Gasteiger partial charge on any atom is -0.444 e. The van der Waals surface area contributed by atoms with Gasteiger partial charge in [-0.05, 0) is 32.9 Å². The Morgan fingerprint density at radius 3 is 2.27 bits per heavy atom. The molecule has 118 valence electrons. The highest BCUT2D eigenvalue weighted by atomic mass is 16.6. The van der Waals surface area contributed by atoms with E-state index in [1.54, 1.807) is 52.1 Å². The van der Waals surface area contributed by atoms with Crippen molar-refractivity contribution in [2.75, 3.05) is 12.4 Å². The summed E-state index contributed by atoms with van der Waals surface area (Å²) in [5.74, 6) is 0. The third-order valence-corrected chi connectivity index (χ3v) is 2.61. The molecule has 1 aromatic carbocycles. The summed E-state index contributed by atoms with van der Waals surface area (Å²) >= 11 is 0. The molecule has 0 spiro atoms. The Labute approximate surface area is 130 Å². The van der Waals surface area contributed by atoms with Gasteiger partial charge in [0.1, 0.15) is 5.60 Å². The van der Waals surface area contributed by atoms with Crippen LogP contribution in [0.3, 0.4) is 0 Å². The fraction of sp³-hybridized carbons (Fsp3) is 0.312. The number of anilines is 1. The number of aliphatic imine (C=N–C) groups is 1. The second-order valence-corrected chi connectivity index (χ2v) is 5.52. The highest BCUT2D eigenvalue weighted by molar-refractivity contribution is 6.23. The van der Waals surface area contributed by atoms with Gasteiger partial charge in [0.25, 0.3) is 0 Å². The van der Waals surface area contributed by atoms with E-state index in [9.17, 15) is 9.59 Å². The van der Waals surface area contributed by atoms with Crippen LogP contribution in [0.2, 0.25) is 0 Å². The van der Waals surface area contributed by atoms with Crippen LogP contribution in [0, 0.1) is 0 Å². The number of hydrogen-bond acceptors (Lipinski definition) is 5. The Morgan fingerprint density at radius 1 is 1.27 bits per heavy atom. The van der Waals surface area contributed by atoms with Crippen molar-refractivity contribution < 1.29 is 14.3 Å². The minimum absolute atomic E-state index is 0.301. The lowest BCUT2D eigenvalue weighted by Gasteiger charge is -2.19. The molecule has 0 bridgehead atoms. The summed E-state index contributed by atoms with van der Waals surface area (Å²) in [6.45, 7) is 5.37. The third kappa shape index (κ3) is 5.05. The van der Waals surface area contributed by atoms with E-state index < -0.39 is 11.7 Å². The first-order valence-corrected chi connectivity index (χ1v) is 6.75. The molecule has 0 radical (unpaired) electrons. The van der Waals surface area contributed by atoms with Gasteiger partial charge in [0.2, 0.25) is 0 Å². The van der Waals surface area contributed by atoms with E-state index >= 15 is 0 Å². The molecule has 3 N–H and O–H groups in total. The first-order chi connectivity index (χ1) is 10.3. The van der Waals surface area contributed by atoms with Crippen LogP contribution >= 0.6 is 0 Å². The van der Waals surface area contributed by atoms with Crippen LogP contribution in [0.4, 0.5) is 10.5 Å². The molecule has 0 saturated carbocycles. The van der Waals surface area contributed by atoms with Gasteiger partial charge in [-0.15, -0.1) is 0 Å². The van der Waals surface area contributed by atoms with Crippen molar-refractivity contribution in [2.24, 2.45) is 10.7 Å². The summed E-state index contributed by atoms with van der Waals surface area (Å²) in [5, 5.41) is 2.63. The van der Waals surface area contributed by atoms with Crippen molar-refractivity contribution in [3.63, 3.8) is 0 Å². The van der Waals surface area contributed by atoms with Crippen molar-refractivity contribution in [1.82, 2.24) is 0 Å². The monoisotopic (exact) mass is 303 g/mol. The van der Waals surface area contributed by atoms with Gasteiger partial charge in [0.05, 0.1) is 11.3 Å². The van der Waals surface area contributed by atoms with E-state index in [1.807, 2.05) is 0 Å². The van der Waals surface area contributed by atoms with E-state index in [-0.39, 0.29) is 0 Å². The lowest BCUT2D eigenvalue weighted by Crippen LogP contribution is -2.27. The van der Waals surface area contributed by atoms with E-state index in [2.05, 4.69) is 10.3 Å². The van der Waals surface area contributed by atoms with Gasteiger partial charge in [0.15, 0.2) is 6.29 Å². The Balaban J connectivity index is 2.87. The molecule has 22 heavy (non-hydrogen) atoms. The summed E-state index contributed by atoms with van der Waals surface area (Å²) in [4.78, 5) is 26.7. The molecule has 0 aliphatic heterocycles. The number of ether oxygens (including phenoxy) is 1. The molecular formula is C16H21N3O3. The molecular weight excluding hydrogens is 282 g/mol. The quantitative estimate of drug-likeness (QED) is 0.507. The van der Waals surface area contributed by atoms with Crippen molar-refractivity contribution in [2.45, 2.75) is 26.4 Å². The standard InChI is InChI=1S/C16H21N3O3/c1-16(2,3)22-15(21)19-13-7-5-11(6-8-13)14(18-4)12(9-17)10-20/h5-10H,17H2,1-4H3,(H,19,21). The van der Waals surface area contributed by atoms with Crippen LogP contribution in [0.5, 0.6) is 0 Å². The smallest absolute Gasteiger partial charge is 0.412 e. The number of allylic oxidation sites excluding steroid dienone is 1. The first-order valence-electron chi connectivity index (χ1n) is 6.75. The summed E-state index contributed by atoms with van der Waals surface area (Å²) in [6.07, 6.45) is 1.33. The number of nitrogens with zero attached hydrogens (tertiary/aromatic N) is 1. The van der Waals surface area contributed by atoms with Gasteiger partial charge in [-0.2, -0.15) is 0 Å². The number of nitrogens with one attached hydrogen (secondary N) is 1. The fourth-order valence-corrected chi connectivity index (χ4v) is 1.73. The highest BCUT2D eigenvalue weighted by Crippen LogP contribution is 2.15. The van der Waals surface area contributed by atoms with Crippen molar-refractivity contribution in [3.8, 4) is 0 Å². The van der Waals surface area contributed by atoms with Gasteiger partial charge < -0.3 is 10.5 Å². The van der Waals surface area contributed by atoms with Crippen LogP contribution < -0.4 is 11.1 Å². The maximum absolute atomic E-state index is 11.7. The van der Waals surface area contributed by atoms with Crippen LogP contribution in [0.15, 0.2) is 41.0 Å². The summed E-state index contributed by atoms with van der Waals surface area (Å²) < 4.78 is 5.17. The van der Waals surface area contributed by atoms with Gasteiger partial charge in [-0.1, -0.05) is 12.1 Å². The van der Waals surface area contributed by atoms with Gasteiger partial charge in [-0.3, -0.25) is 15.1 Å². The van der Waals surface area contributed by atoms with Crippen LogP contribution in [-0.2, 0) is 9.53 Å². The van der Waals surface area contributed by atoms with Crippen molar-refractivity contribution in [3.05, 3.63) is 41.6 Å². The average Bonchev–Trinajstić information content (AvgIpc) is 2.43. The van der Waals surface area contributed by atoms with Crippen LogP contribution in [-0.4, -0.2) is 30.7 Å². The molecule has 0 aliphatic rings. The number of nitrogens with two attached hydrogens (primary N) is 1. The van der Waals surface area contributed by atoms with E-state index in [0.717, 1.165) is 5.56 Å². The zero-order chi connectivity index (χ0) is 16.8. The van der Waals surface area contributed by atoms with Crippen LogP contribution in [0.1, 0.15) is 26.3 Å². The number of rotatable bonds is 4. The summed E-state index contributed by atoms with van der Waals surface area (Å²) in [7, 11) is 1.58. The maximum atomic E-state index is 11.7. The Morgan fingerprint density at radius 2 is 1.86 bits per heavy atom. The molecule has 0 fully saturated rings. The second-order valence-electron chi connectivity index (χ2n) is 5.52. The highest BCUT2D eigenvalue weighted by Gasteiger charge is 2.16. The first kappa shape index (κ1) is 17.4. The normalized spacial score (nSPS) is 12.7. The minimum atomic E-state index is -0.559. The van der Waals surface area contributed by atoms with Gasteiger partial charge in [0, 0.05) is 24.5 Å². The van der Waals surface area contributed by atoms with Crippen molar-refractivity contribution >= 4 is 23.8 Å². The lowest BCUT2D eigenvalue weighted by molar-refractivity contribution is -0.104. The molecule has 0 heterocycles. The number of carbonyl (C=O) groups is 2. The molecule has 0 atom stereocenters. The zero-order valence-corrected chi connectivity index (χ0v) is 13.2. The predicted molar refractivity (Wildman–Crippen MR) is 87.1 cm³/mol. The van der Waals surface area contributed by atoms with E-state index in [1.165, 1.54) is 6.20 Å².